The van der Waals surface area contributed by atoms with Gasteiger partial charge in [0.05, 0.1) is 5.92 Å². The van der Waals surface area contributed by atoms with Gasteiger partial charge in [-0.15, -0.1) is 0 Å². The van der Waals surface area contributed by atoms with Gasteiger partial charge < -0.3 is 4.74 Å². The number of hydrogen-bond donors (Lipinski definition) is 0. The molecule has 0 N–H and O–H groups in total. The van der Waals surface area contributed by atoms with Crippen LogP contribution in [-0.2, 0) is 16.1 Å². The molecule has 2 heteroatoms. The Labute approximate surface area is 122 Å². The van der Waals surface area contributed by atoms with Crippen molar-refractivity contribution < 1.29 is 9.53 Å². The second-order valence-corrected chi connectivity index (χ2v) is 6.42. The zero-order valence-electron chi connectivity index (χ0n) is 13.1. The van der Waals surface area contributed by atoms with Crippen LogP contribution in [0, 0.1) is 11.3 Å². The van der Waals surface area contributed by atoms with Crippen LogP contribution in [0.15, 0.2) is 30.8 Å². The molecule has 110 valence electrons. The van der Waals surface area contributed by atoms with E-state index in [4.69, 9.17) is 4.74 Å². The summed E-state index contributed by atoms with van der Waals surface area (Å²) in [5.41, 5.74) is 2.22. The molecule has 0 aliphatic rings. The molecule has 0 heterocycles. The fraction of sp³-hybridized carbons (Fsp3) is 0.500. The molecule has 0 saturated carbocycles. The lowest BCUT2D eigenvalue weighted by molar-refractivity contribution is -0.151. The number of ether oxygens (including phenoxy) is 1. The van der Waals surface area contributed by atoms with Crippen molar-refractivity contribution >= 4 is 12.0 Å². The monoisotopic (exact) mass is 274 g/mol. The topological polar surface area (TPSA) is 26.3 Å². The predicted octanol–water partition coefficient (Wildman–Crippen LogP) is 4.84. The lowest BCUT2D eigenvalue weighted by Crippen LogP contribution is -2.22. The molecule has 0 aromatic heterocycles. The van der Waals surface area contributed by atoms with Gasteiger partial charge in [-0.2, -0.15) is 0 Å². The molecule has 1 unspecified atom stereocenters. The highest BCUT2D eigenvalue weighted by molar-refractivity contribution is 5.72. The van der Waals surface area contributed by atoms with Gasteiger partial charge >= 0.3 is 5.97 Å². The minimum Gasteiger partial charge on any atom is -0.461 e. The van der Waals surface area contributed by atoms with Crippen LogP contribution in [0.3, 0.4) is 0 Å². The van der Waals surface area contributed by atoms with Gasteiger partial charge in [-0.3, -0.25) is 4.79 Å². The molecular weight excluding hydrogens is 248 g/mol. The van der Waals surface area contributed by atoms with E-state index in [0.717, 1.165) is 24.0 Å². The largest absolute Gasteiger partial charge is 0.461 e. The molecule has 0 spiro atoms. The molecule has 2 nitrogen and oxygen atoms in total. The molecule has 0 amide bonds. The minimum atomic E-state index is -0.0878. The Morgan fingerprint density at radius 3 is 2.35 bits per heavy atom. The normalized spacial score (nSPS) is 12.8. The molecule has 1 atom stereocenters. The predicted molar refractivity (Wildman–Crippen MR) is 84.2 cm³/mol. The van der Waals surface area contributed by atoms with Crippen LogP contribution in [0.2, 0.25) is 0 Å². The lowest BCUT2D eigenvalue weighted by atomic mass is 9.83. The second kappa shape index (κ2) is 7.28. The third kappa shape index (κ3) is 5.60. The van der Waals surface area contributed by atoms with E-state index in [9.17, 15) is 4.79 Å². The van der Waals surface area contributed by atoms with E-state index in [1.54, 1.807) is 6.08 Å². The van der Waals surface area contributed by atoms with E-state index in [-0.39, 0.29) is 17.3 Å². The van der Waals surface area contributed by atoms with Gasteiger partial charge in [-0.05, 0) is 29.4 Å². The molecule has 1 aromatic rings. The maximum absolute atomic E-state index is 12.1. The number of rotatable bonds is 6. The molecule has 0 bridgehead atoms. The summed E-state index contributed by atoms with van der Waals surface area (Å²) in [4.78, 5) is 12.1. The fourth-order valence-electron chi connectivity index (χ4n) is 2.16. The average molecular weight is 274 g/mol. The third-order valence-electron chi connectivity index (χ3n) is 3.28. The Morgan fingerprint density at radius 2 is 1.90 bits per heavy atom. The van der Waals surface area contributed by atoms with Crippen molar-refractivity contribution in [2.24, 2.45) is 11.3 Å². The maximum atomic E-state index is 12.1. The SMILES string of the molecule is C=Cc1ccc(COC(=O)C(CC)CC(C)(C)C)cc1. The lowest BCUT2D eigenvalue weighted by Gasteiger charge is -2.23. The highest BCUT2D eigenvalue weighted by Gasteiger charge is 2.24. The zero-order valence-corrected chi connectivity index (χ0v) is 13.1. The van der Waals surface area contributed by atoms with E-state index >= 15 is 0 Å². The number of carbonyl (C=O) groups excluding carboxylic acids is 1. The summed E-state index contributed by atoms with van der Waals surface area (Å²) in [6.45, 7) is 12.5. The minimum absolute atomic E-state index is 0.0116. The van der Waals surface area contributed by atoms with Gasteiger partial charge in [0.15, 0.2) is 0 Å². The number of carbonyl (C=O) groups is 1. The van der Waals surface area contributed by atoms with Gasteiger partial charge in [0.2, 0.25) is 0 Å². The average Bonchev–Trinajstić information content (AvgIpc) is 2.41. The van der Waals surface area contributed by atoms with Crippen molar-refractivity contribution in [1.29, 1.82) is 0 Å². The molecule has 1 rings (SSSR count). The Bertz CT molecular complexity index is 437. The number of esters is 1. The summed E-state index contributed by atoms with van der Waals surface area (Å²) in [5, 5.41) is 0. The summed E-state index contributed by atoms with van der Waals surface area (Å²) in [7, 11) is 0. The van der Waals surface area contributed by atoms with Gasteiger partial charge in [0.25, 0.3) is 0 Å². The van der Waals surface area contributed by atoms with Crippen molar-refractivity contribution in [3.63, 3.8) is 0 Å². The molecule has 1 aromatic carbocycles. The smallest absolute Gasteiger partial charge is 0.309 e. The van der Waals surface area contributed by atoms with Crippen molar-refractivity contribution in [2.75, 3.05) is 0 Å². The van der Waals surface area contributed by atoms with E-state index < -0.39 is 0 Å². The van der Waals surface area contributed by atoms with Crippen LogP contribution in [0.5, 0.6) is 0 Å². The zero-order chi connectivity index (χ0) is 15.2. The van der Waals surface area contributed by atoms with Crippen molar-refractivity contribution in [3.05, 3.63) is 42.0 Å². The van der Waals surface area contributed by atoms with Gasteiger partial charge in [-0.1, -0.05) is 64.6 Å². The Kier molecular flexibility index (Phi) is 6.00. The van der Waals surface area contributed by atoms with Gasteiger partial charge in [0.1, 0.15) is 6.61 Å². The Hall–Kier alpha value is -1.57. The third-order valence-corrected chi connectivity index (χ3v) is 3.28. The Balaban J connectivity index is 2.54. The number of hydrogen-bond acceptors (Lipinski definition) is 2. The summed E-state index contributed by atoms with van der Waals surface area (Å²) in [6.07, 6.45) is 3.48. The standard InChI is InChI=1S/C18H26O2/c1-6-14-8-10-15(11-9-14)13-20-17(19)16(7-2)12-18(3,4)5/h6,8-11,16H,1,7,12-13H2,2-5H3. The summed E-state index contributed by atoms with van der Waals surface area (Å²) >= 11 is 0. The van der Waals surface area contributed by atoms with Crippen LogP contribution >= 0.6 is 0 Å². The molecule has 0 aliphatic carbocycles. The quantitative estimate of drug-likeness (QED) is 0.694. The maximum Gasteiger partial charge on any atom is 0.309 e. The molecule has 0 saturated heterocycles. The van der Waals surface area contributed by atoms with E-state index in [0.29, 0.717) is 6.61 Å². The van der Waals surface area contributed by atoms with Crippen molar-refractivity contribution in [1.82, 2.24) is 0 Å². The molecule has 0 aliphatic heterocycles. The van der Waals surface area contributed by atoms with Crippen LogP contribution in [-0.4, -0.2) is 5.97 Å². The molecule has 0 radical (unpaired) electrons. The summed E-state index contributed by atoms with van der Waals surface area (Å²) in [5.74, 6) is -0.0994. The van der Waals surface area contributed by atoms with Crippen LogP contribution in [0.1, 0.15) is 51.7 Å². The van der Waals surface area contributed by atoms with E-state index in [1.165, 1.54) is 0 Å². The number of benzene rings is 1. The summed E-state index contributed by atoms with van der Waals surface area (Å²) < 4.78 is 5.44. The van der Waals surface area contributed by atoms with Crippen LogP contribution < -0.4 is 0 Å². The van der Waals surface area contributed by atoms with Crippen molar-refractivity contribution in [2.45, 2.75) is 47.1 Å². The van der Waals surface area contributed by atoms with Crippen LogP contribution in [0.4, 0.5) is 0 Å². The molecule has 20 heavy (non-hydrogen) atoms. The van der Waals surface area contributed by atoms with Crippen LogP contribution in [0.25, 0.3) is 6.08 Å². The first-order valence-corrected chi connectivity index (χ1v) is 7.23. The van der Waals surface area contributed by atoms with E-state index in [1.807, 2.05) is 31.2 Å². The summed E-state index contributed by atoms with van der Waals surface area (Å²) in [6, 6.07) is 7.88. The first-order chi connectivity index (χ1) is 9.35. The Morgan fingerprint density at radius 1 is 1.30 bits per heavy atom. The van der Waals surface area contributed by atoms with Crippen molar-refractivity contribution in [3.8, 4) is 0 Å². The van der Waals surface area contributed by atoms with E-state index in [2.05, 4.69) is 27.4 Å². The fourth-order valence-corrected chi connectivity index (χ4v) is 2.16. The highest BCUT2D eigenvalue weighted by atomic mass is 16.5. The molecule has 0 fully saturated rings. The first-order valence-electron chi connectivity index (χ1n) is 7.23. The van der Waals surface area contributed by atoms with Gasteiger partial charge in [0, 0.05) is 0 Å². The molecular formula is C18H26O2. The second-order valence-electron chi connectivity index (χ2n) is 6.42. The first kappa shape index (κ1) is 16.5. The van der Waals surface area contributed by atoms with Gasteiger partial charge in [-0.25, -0.2) is 0 Å². The highest BCUT2D eigenvalue weighted by Crippen LogP contribution is 2.27.